The molecule has 122 valence electrons. The molecule has 0 amide bonds. The van der Waals surface area contributed by atoms with Crippen molar-refractivity contribution in [2.24, 2.45) is 0 Å². The van der Waals surface area contributed by atoms with Crippen LogP contribution in [0.25, 0.3) is 22.3 Å². The summed E-state index contributed by atoms with van der Waals surface area (Å²) in [5, 5.41) is 0.596. The zero-order valence-corrected chi connectivity index (χ0v) is 13.5. The molecule has 0 aliphatic carbocycles. The smallest absolute Gasteiger partial charge is 0.193 e. The highest BCUT2D eigenvalue weighted by atomic mass is 16.5. The van der Waals surface area contributed by atoms with Crippen LogP contribution in [0.4, 0.5) is 0 Å². The number of ether oxygens (including phenoxy) is 1. The molecule has 0 bridgehead atoms. The van der Waals surface area contributed by atoms with Crippen LogP contribution in [0, 0.1) is 0 Å². The summed E-state index contributed by atoms with van der Waals surface area (Å²) in [6, 6.07) is 26.4. The Kier molecular flexibility index (Phi) is 4.05. The molecule has 0 radical (unpaired) electrons. The zero-order valence-electron chi connectivity index (χ0n) is 13.5. The average molecular weight is 328 g/mol. The minimum absolute atomic E-state index is 0.0339. The first-order valence-electron chi connectivity index (χ1n) is 8.10. The van der Waals surface area contributed by atoms with Crippen LogP contribution in [0.3, 0.4) is 0 Å². The molecular formula is C22H16O3. The van der Waals surface area contributed by atoms with Gasteiger partial charge in [-0.15, -0.1) is 0 Å². The molecule has 0 N–H and O–H groups in total. The molecule has 3 nitrogen and oxygen atoms in total. The van der Waals surface area contributed by atoms with E-state index in [4.69, 9.17) is 9.15 Å². The zero-order chi connectivity index (χ0) is 17.1. The summed E-state index contributed by atoms with van der Waals surface area (Å²) in [6.07, 6.45) is 0. The second-order valence-electron chi connectivity index (χ2n) is 5.77. The molecule has 0 aliphatic heterocycles. The van der Waals surface area contributed by atoms with Gasteiger partial charge in [0.2, 0.25) is 0 Å². The second-order valence-corrected chi connectivity index (χ2v) is 5.77. The fourth-order valence-corrected chi connectivity index (χ4v) is 2.69. The molecule has 0 aliphatic rings. The van der Waals surface area contributed by atoms with E-state index in [0.29, 0.717) is 23.3 Å². The van der Waals surface area contributed by atoms with Gasteiger partial charge in [0.1, 0.15) is 23.7 Å². The molecule has 0 atom stereocenters. The Bertz CT molecular complexity index is 1050. The lowest BCUT2D eigenvalue weighted by Gasteiger charge is -2.07. The summed E-state index contributed by atoms with van der Waals surface area (Å²) in [7, 11) is 0. The van der Waals surface area contributed by atoms with Gasteiger partial charge in [-0.25, -0.2) is 0 Å². The van der Waals surface area contributed by atoms with Gasteiger partial charge in [0, 0.05) is 11.6 Å². The van der Waals surface area contributed by atoms with E-state index >= 15 is 0 Å². The van der Waals surface area contributed by atoms with E-state index in [1.807, 2.05) is 72.8 Å². The third-order valence-electron chi connectivity index (χ3n) is 4.02. The minimum Gasteiger partial charge on any atom is -0.489 e. The molecule has 4 aromatic rings. The van der Waals surface area contributed by atoms with Gasteiger partial charge in [-0.1, -0.05) is 54.6 Å². The van der Waals surface area contributed by atoms with E-state index in [0.717, 1.165) is 16.9 Å². The van der Waals surface area contributed by atoms with Crippen molar-refractivity contribution in [2.75, 3.05) is 0 Å². The van der Waals surface area contributed by atoms with E-state index in [1.54, 1.807) is 6.07 Å². The Balaban J connectivity index is 1.57. The Morgan fingerprint density at radius 1 is 0.800 bits per heavy atom. The molecule has 25 heavy (non-hydrogen) atoms. The normalized spacial score (nSPS) is 10.7. The number of rotatable bonds is 4. The van der Waals surface area contributed by atoms with Gasteiger partial charge in [-0.2, -0.15) is 0 Å². The van der Waals surface area contributed by atoms with Crippen molar-refractivity contribution in [3.05, 3.63) is 101 Å². The van der Waals surface area contributed by atoms with Crippen LogP contribution in [0.5, 0.6) is 5.75 Å². The van der Waals surface area contributed by atoms with Crippen LogP contribution >= 0.6 is 0 Å². The standard InChI is InChI=1S/C22H16O3/c23-20-14-22(25-21-9-5-4-8-19(20)21)17-12-10-16(11-13-17)15-24-18-6-2-1-3-7-18/h1-14H,15H2. The molecule has 1 heterocycles. The van der Waals surface area contributed by atoms with Gasteiger partial charge in [0.15, 0.2) is 5.43 Å². The van der Waals surface area contributed by atoms with E-state index in [9.17, 15) is 4.79 Å². The highest BCUT2D eigenvalue weighted by molar-refractivity contribution is 5.78. The van der Waals surface area contributed by atoms with Gasteiger partial charge in [-0.05, 0) is 29.8 Å². The predicted molar refractivity (Wildman–Crippen MR) is 98.7 cm³/mol. The summed E-state index contributed by atoms with van der Waals surface area (Å²) >= 11 is 0. The molecule has 0 saturated carbocycles. The average Bonchev–Trinajstić information content (AvgIpc) is 2.68. The molecule has 0 spiro atoms. The highest BCUT2D eigenvalue weighted by Gasteiger charge is 2.06. The first kappa shape index (κ1) is 15.2. The van der Waals surface area contributed by atoms with Crippen LogP contribution in [0.2, 0.25) is 0 Å². The van der Waals surface area contributed by atoms with Crippen LogP contribution in [-0.4, -0.2) is 0 Å². The topological polar surface area (TPSA) is 39.4 Å². The maximum atomic E-state index is 12.2. The molecule has 3 heteroatoms. The molecule has 3 aromatic carbocycles. The number of fused-ring (bicyclic) bond motifs is 1. The lowest BCUT2D eigenvalue weighted by Crippen LogP contribution is -2.00. The number of para-hydroxylation sites is 2. The summed E-state index contributed by atoms with van der Waals surface area (Å²) in [6.45, 7) is 0.492. The Morgan fingerprint density at radius 2 is 1.52 bits per heavy atom. The largest absolute Gasteiger partial charge is 0.489 e. The van der Waals surface area contributed by atoms with Crippen molar-refractivity contribution >= 4 is 11.0 Å². The van der Waals surface area contributed by atoms with E-state index in [2.05, 4.69) is 0 Å². The van der Waals surface area contributed by atoms with Crippen LogP contribution in [0.1, 0.15) is 5.56 Å². The SMILES string of the molecule is O=c1cc(-c2ccc(COc3ccccc3)cc2)oc2ccccc12. The maximum absolute atomic E-state index is 12.2. The molecule has 0 saturated heterocycles. The summed E-state index contributed by atoms with van der Waals surface area (Å²) < 4.78 is 11.6. The second kappa shape index (κ2) is 6.65. The van der Waals surface area contributed by atoms with E-state index < -0.39 is 0 Å². The van der Waals surface area contributed by atoms with Crippen molar-refractivity contribution in [2.45, 2.75) is 6.61 Å². The monoisotopic (exact) mass is 328 g/mol. The highest BCUT2D eigenvalue weighted by Crippen LogP contribution is 2.23. The van der Waals surface area contributed by atoms with Crippen LogP contribution in [0.15, 0.2) is 94.1 Å². The summed E-state index contributed by atoms with van der Waals surface area (Å²) in [4.78, 5) is 12.2. The fourth-order valence-electron chi connectivity index (χ4n) is 2.69. The van der Waals surface area contributed by atoms with Crippen molar-refractivity contribution in [1.82, 2.24) is 0 Å². The van der Waals surface area contributed by atoms with Gasteiger partial charge < -0.3 is 9.15 Å². The molecule has 0 unspecified atom stereocenters. The van der Waals surface area contributed by atoms with Gasteiger partial charge in [0.05, 0.1) is 5.39 Å². The van der Waals surface area contributed by atoms with Crippen LogP contribution < -0.4 is 10.2 Å². The van der Waals surface area contributed by atoms with Crippen molar-refractivity contribution in [3.8, 4) is 17.1 Å². The van der Waals surface area contributed by atoms with Crippen molar-refractivity contribution < 1.29 is 9.15 Å². The third-order valence-corrected chi connectivity index (χ3v) is 4.02. The van der Waals surface area contributed by atoms with Crippen LogP contribution in [-0.2, 0) is 6.61 Å². The Labute approximate surface area is 145 Å². The first-order chi connectivity index (χ1) is 12.3. The number of hydrogen-bond donors (Lipinski definition) is 0. The Morgan fingerprint density at radius 3 is 2.32 bits per heavy atom. The Hall–Kier alpha value is -3.33. The molecular weight excluding hydrogens is 312 g/mol. The van der Waals surface area contributed by atoms with Gasteiger partial charge >= 0.3 is 0 Å². The number of hydrogen-bond acceptors (Lipinski definition) is 3. The van der Waals surface area contributed by atoms with Gasteiger partial charge in [0.25, 0.3) is 0 Å². The fraction of sp³-hybridized carbons (Fsp3) is 0.0455. The van der Waals surface area contributed by atoms with Gasteiger partial charge in [-0.3, -0.25) is 4.79 Å². The third kappa shape index (κ3) is 3.31. The predicted octanol–water partition coefficient (Wildman–Crippen LogP) is 5.04. The quantitative estimate of drug-likeness (QED) is 0.527. The number of benzene rings is 3. The molecule has 4 rings (SSSR count). The summed E-state index contributed by atoms with van der Waals surface area (Å²) in [5.41, 5.74) is 2.48. The first-order valence-corrected chi connectivity index (χ1v) is 8.10. The van der Waals surface area contributed by atoms with Crippen molar-refractivity contribution in [3.63, 3.8) is 0 Å². The lowest BCUT2D eigenvalue weighted by molar-refractivity contribution is 0.306. The summed E-state index contributed by atoms with van der Waals surface area (Å²) in [5.74, 6) is 1.41. The lowest BCUT2D eigenvalue weighted by atomic mass is 10.1. The molecule has 1 aromatic heterocycles. The minimum atomic E-state index is -0.0339. The molecule has 0 fully saturated rings. The maximum Gasteiger partial charge on any atom is 0.193 e. The van der Waals surface area contributed by atoms with E-state index in [1.165, 1.54) is 6.07 Å². The van der Waals surface area contributed by atoms with Crippen molar-refractivity contribution in [1.29, 1.82) is 0 Å². The van der Waals surface area contributed by atoms with E-state index in [-0.39, 0.29) is 5.43 Å².